The van der Waals surface area contributed by atoms with Crippen molar-refractivity contribution in [2.45, 2.75) is 32.7 Å². The number of benzene rings is 1. The van der Waals surface area contributed by atoms with E-state index in [1.54, 1.807) is 12.1 Å². The summed E-state index contributed by atoms with van der Waals surface area (Å²) in [6.45, 7) is 5.55. The molecule has 0 saturated carbocycles. The largest absolute Gasteiger partial charge is 0.350 e. The van der Waals surface area contributed by atoms with Crippen LogP contribution in [-0.4, -0.2) is 30.9 Å². The van der Waals surface area contributed by atoms with E-state index in [-0.39, 0.29) is 30.3 Å². The van der Waals surface area contributed by atoms with Crippen molar-refractivity contribution in [3.8, 4) is 0 Å². The third-order valence-corrected chi connectivity index (χ3v) is 3.38. The van der Waals surface area contributed by atoms with Gasteiger partial charge in [-0.25, -0.2) is 0 Å². The highest BCUT2D eigenvalue weighted by Gasteiger charge is 2.16. The van der Waals surface area contributed by atoms with Crippen LogP contribution >= 0.6 is 12.4 Å². The molecule has 6 heteroatoms. The molecule has 1 aliphatic rings. The molecule has 5 nitrogen and oxygen atoms in total. The van der Waals surface area contributed by atoms with Crippen LogP contribution < -0.4 is 16.0 Å². The normalized spacial score (nSPS) is 14.5. The highest BCUT2D eigenvalue weighted by atomic mass is 35.5. The highest BCUT2D eigenvalue weighted by Crippen LogP contribution is 2.23. The van der Waals surface area contributed by atoms with Crippen molar-refractivity contribution >= 4 is 29.9 Å². The SMILES string of the molecule is CCN[C@H](C)CNC(=O)c1ccc2c(c1)CCC(=O)N2.Cl. The summed E-state index contributed by atoms with van der Waals surface area (Å²) in [6.07, 6.45) is 1.17. The average Bonchev–Trinajstić information content (AvgIpc) is 2.44. The first-order chi connectivity index (χ1) is 9.60. The number of aryl methyl sites for hydroxylation is 1. The van der Waals surface area contributed by atoms with Gasteiger partial charge in [0.05, 0.1) is 0 Å². The lowest BCUT2D eigenvalue weighted by Crippen LogP contribution is -2.38. The van der Waals surface area contributed by atoms with Crippen LogP contribution in [0.4, 0.5) is 5.69 Å². The van der Waals surface area contributed by atoms with E-state index in [1.165, 1.54) is 0 Å². The summed E-state index contributed by atoms with van der Waals surface area (Å²) in [4.78, 5) is 23.4. The van der Waals surface area contributed by atoms with Crippen molar-refractivity contribution in [1.82, 2.24) is 10.6 Å². The van der Waals surface area contributed by atoms with Gasteiger partial charge in [-0.3, -0.25) is 9.59 Å². The topological polar surface area (TPSA) is 70.2 Å². The number of nitrogens with one attached hydrogen (secondary N) is 3. The maximum atomic E-state index is 12.1. The Kier molecular flexibility index (Phi) is 6.65. The number of carbonyl (C=O) groups is 2. The van der Waals surface area contributed by atoms with Gasteiger partial charge in [0.1, 0.15) is 0 Å². The molecule has 1 heterocycles. The van der Waals surface area contributed by atoms with Gasteiger partial charge >= 0.3 is 0 Å². The fraction of sp³-hybridized carbons (Fsp3) is 0.467. The number of anilines is 1. The highest BCUT2D eigenvalue weighted by molar-refractivity contribution is 5.97. The maximum Gasteiger partial charge on any atom is 0.251 e. The molecule has 1 aliphatic heterocycles. The molecule has 0 fully saturated rings. The number of fused-ring (bicyclic) bond motifs is 1. The van der Waals surface area contributed by atoms with Gasteiger partial charge in [0.15, 0.2) is 0 Å². The van der Waals surface area contributed by atoms with Crippen molar-refractivity contribution < 1.29 is 9.59 Å². The second-order valence-electron chi connectivity index (χ2n) is 5.09. The molecule has 0 unspecified atom stereocenters. The van der Waals surface area contributed by atoms with Crippen molar-refractivity contribution in [1.29, 1.82) is 0 Å². The molecule has 1 atom stereocenters. The first-order valence-corrected chi connectivity index (χ1v) is 7.04. The van der Waals surface area contributed by atoms with E-state index in [1.807, 2.05) is 19.9 Å². The number of rotatable bonds is 5. The molecule has 116 valence electrons. The van der Waals surface area contributed by atoms with E-state index in [2.05, 4.69) is 16.0 Å². The van der Waals surface area contributed by atoms with Crippen molar-refractivity contribution in [3.63, 3.8) is 0 Å². The summed E-state index contributed by atoms with van der Waals surface area (Å²) in [7, 11) is 0. The minimum absolute atomic E-state index is 0. The smallest absolute Gasteiger partial charge is 0.251 e. The minimum atomic E-state index is -0.0746. The lowest BCUT2D eigenvalue weighted by atomic mass is 10.00. The lowest BCUT2D eigenvalue weighted by molar-refractivity contribution is -0.116. The maximum absolute atomic E-state index is 12.1. The number of carbonyl (C=O) groups excluding carboxylic acids is 2. The van der Waals surface area contributed by atoms with Gasteiger partial charge in [0, 0.05) is 30.3 Å². The molecule has 1 aromatic rings. The third-order valence-electron chi connectivity index (χ3n) is 3.38. The van der Waals surface area contributed by atoms with Gasteiger partial charge in [0.25, 0.3) is 5.91 Å². The van der Waals surface area contributed by atoms with E-state index in [9.17, 15) is 9.59 Å². The van der Waals surface area contributed by atoms with Crippen LogP contribution in [0.2, 0.25) is 0 Å². The lowest BCUT2D eigenvalue weighted by Gasteiger charge is -2.18. The zero-order valence-electron chi connectivity index (χ0n) is 12.4. The Balaban J connectivity index is 0.00000220. The molecule has 1 aromatic carbocycles. The van der Waals surface area contributed by atoms with E-state index < -0.39 is 0 Å². The molecule has 0 saturated heterocycles. The van der Waals surface area contributed by atoms with Gasteiger partial charge in [-0.2, -0.15) is 0 Å². The van der Waals surface area contributed by atoms with Crippen LogP contribution in [0, 0.1) is 0 Å². The Bertz CT molecular complexity index is 520. The van der Waals surface area contributed by atoms with Crippen molar-refractivity contribution in [3.05, 3.63) is 29.3 Å². The Hall–Kier alpha value is -1.59. The van der Waals surface area contributed by atoms with E-state index >= 15 is 0 Å². The molecular formula is C15H22ClN3O2. The number of hydrogen-bond donors (Lipinski definition) is 3. The average molecular weight is 312 g/mol. The summed E-state index contributed by atoms with van der Waals surface area (Å²) in [6, 6.07) is 5.66. The fourth-order valence-electron chi connectivity index (χ4n) is 2.29. The van der Waals surface area contributed by atoms with Crippen LogP contribution in [0.5, 0.6) is 0 Å². The number of halogens is 1. The molecule has 0 radical (unpaired) electrons. The molecule has 21 heavy (non-hydrogen) atoms. The number of likely N-dealkylation sites (N-methyl/N-ethyl adjacent to an activating group) is 1. The Morgan fingerprint density at radius 1 is 1.38 bits per heavy atom. The minimum Gasteiger partial charge on any atom is -0.350 e. The van der Waals surface area contributed by atoms with Gasteiger partial charge < -0.3 is 16.0 Å². The molecule has 2 amide bonds. The summed E-state index contributed by atoms with van der Waals surface area (Å²) in [5, 5.41) is 8.97. The van der Waals surface area contributed by atoms with Crippen molar-refractivity contribution in [2.75, 3.05) is 18.4 Å². The second kappa shape index (κ2) is 8.00. The summed E-state index contributed by atoms with van der Waals surface area (Å²) >= 11 is 0. The summed E-state index contributed by atoms with van der Waals surface area (Å²) in [5.74, 6) is -0.0383. The molecule has 3 N–H and O–H groups in total. The number of amides is 2. The molecule has 0 aromatic heterocycles. The number of hydrogen-bond acceptors (Lipinski definition) is 3. The summed E-state index contributed by atoms with van der Waals surface area (Å²) in [5.41, 5.74) is 2.49. The zero-order chi connectivity index (χ0) is 14.5. The first kappa shape index (κ1) is 17.5. The van der Waals surface area contributed by atoms with Crippen LogP contribution in [0.1, 0.15) is 36.2 Å². The van der Waals surface area contributed by atoms with E-state index in [0.29, 0.717) is 24.9 Å². The van der Waals surface area contributed by atoms with Crippen LogP contribution in [0.25, 0.3) is 0 Å². The molecule has 2 rings (SSSR count). The molecule has 0 aliphatic carbocycles. The zero-order valence-corrected chi connectivity index (χ0v) is 13.2. The Morgan fingerprint density at radius 2 is 2.14 bits per heavy atom. The predicted molar refractivity (Wildman–Crippen MR) is 86.1 cm³/mol. The van der Waals surface area contributed by atoms with Gasteiger partial charge in [-0.05, 0) is 43.7 Å². The second-order valence-corrected chi connectivity index (χ2v) is 5.09. The summed E-state index contributed by atoms with van der Waals surface area (Å²) < 4.78 is 0. The van der Waals surface area contributed by atoms with Crippen LogP contribution in [0.15, 0.2) is 18.2 Å². The van der Waals surface area contributed by atoms with Crippen molar-refractivity contribution in [2.24, 2.45) is 0 Å². The Labute approximate surface area is 131 Å². The standard InChI is InChI=1S/C15H21N3O2.ClH/c1-3-16-10(2)9-17-15(20)12-4-6-13-11(8-12)5-7-14(19)18-13;/h4,6,8,10,16H,3,5,7,9H2,1-2H3,(H,17,20)(H,18,19);1H/t10-;/m1./s1. The Morgan fingerprint density at radius 3 is 2.86 bits per heavy atom. The van der Waals surface area contributed by atoms with Crippen LogP contribution in [0.3, 0.4) is 0 Å². The van der Waals surface area contributed by atoms with Gasteiger partial charge in [-0.1, -0.05) is 6.92 Å². The molecule has 0 bridgehead atoms. The van der Waals surface area contributed by atoms with Crippen LogP contribution in [-0.2, 0) is 11.2 Å². The van der Waals surface area contributed by atoms with Gasteiger partial charge in [0.2, 0.25) is 5.91 Å². The molecular weight excluding hydrogens is 290 g/mol. The van der Waals surface area contributed by atoms with Gasteiger partial charge in [-0.15, -0.1) is 12.4 Å². The predicted octanol–water partition coefficient (Wildman–Crippen LogP) is 1.72. The van der Waals surface area contributed by atoms with E-state index in [4.69, 9.17) is 0 Å². The fourth-order valence-corrected chi connectivity index (χ4v) is 2.29. The van der Waals surface area contributed by atoms with E-state index in [0.717, 1.165) is 17.8 Å². The third kappa shape index (κ3) is 4.72. The first-order valence-electron chi connectivity index (χ1n) is 7.04. The molecule has 0 spiro atoms. The quantitative estimate of drug-likeness (QED) is 0.775. The monoisotopic (exact) mass is 311 g/mol.